The van der Waals surface area contributed by atoms with Gasteiger partial charge in [0.25, 0.3) is 0 Å². The average molecular weight is 450 g/mol. The van der Waals surface area contributed by atoms with Crippen LogP contribution in [-0.2, 0) is 16.3 Å². The summed E-state index contributed by atoms with van der Waals surface area (Å²) in [5.41, 5.74) is -0.369. The van der Waals surface area contributed by atoms with Crippen molar-refractivity contribution in [3.05, 3.63) is 77.0 Å². The van der Waals surface area contributed by atoms with Crippen LogP contribution in [0.2, 0.25) is 0 Å². The molecule has 0 radical (unpaired) electrons. The van der Waals surface area contributed by atoms with Crippen LogP contribution in [-0.4, -0.2) is 24.7 Å². The number of aromatic nitrogens is 1. The molecular formula is C24H23F5N2O. The predicted molar refractivity (Wildman–Crippen MR) is 111 cm³/mol. The minimum absolute atomic E-state index is 0.0863. The molecule has 0 saturated carbocycles. The Labute approximate surface area is 182 Å². The van der Waals surface area contributed by atoms with Crippen molar-refractivity contribution in [3.8, 4) is 0 Å². The molecule has 1 aliphatic heterocycles. The fourth-order valence-electron chi connectivity index (χ4n) is 4.38. The van der Waals surface area contributed by atoms with Crippen molar-refractivity contribution in [2.75, 3.05) is 19.7 Å². The van der Waals surface area contributed by atoms with E-state index in [1.165, 1.54) is 18.3 Å². The van der Waals surface area contributed by atoms with Crippen molar-refractivity contribution >= 4 is 10.9 Å². The normalized spacial score (nSPS) is 17.4. The van der Waals surface area contributed by atoms with Gasteiger partial charge in [-0.1, -0.05) is 12.1 Å². The van der Waals surface area contributed by atoms with Crippen LogP contribution in [0.15, 0.2) is 48.7 Å². The van der Waals surface area contributed by atoms with Gasteiger partial charge in [0.1, 0.15) is 11.6 Å². The maximum absolute atomic E-state index is 14.7. The minimum atomic E-state index is -4.51. The molecule has 0 bridgehead atoms. The lowest BCUT2D eigenvalue weighted by Gasteiger charge is -2.39. The summed E-state index contributed by atoms with van der Waals surface area (Å²) in [7, 11) is 0. The molecule has 1 saturated heterocycles. The summed E-state index contributed by atoms with van der Waals surface area (Å²) in [5.74, 6) is -1.31. The first-order valence-electron chi connectivity index (χ1n) is 10.4. The lowest BCUT2D eigenvalue weighted by atomic mass is 9.73. The first-order chi connectivity index (χ1) is 15.2. The highest BCUT2D eigenvalue weighted by molar-refractivity contribution is 5.83. The number of rotatable bonds is 5. The van der Waals surface area contributed by atoms with Crippen molar-refractivity contribution in [1.82, 2.24) is 10.3 Å². The number of nitrogens with one attached hydrogen (secondary N) is 1. The van der Waals surface area contributed by atoms with E-state index in [9.17, 15) is 22.0 Å². The molecule has 8 heteroatoms. The zero-order valence-corrected chi connectivity index (χ0v) is 17.5. The van der Waals surface area contributed by atoms with Gasteiger partial charge in [-0.05, 0) is 62.7 Å². The zero-order chi connectivity index (χ0) is 22.9. The van der Waals surface area contributed by atoms with Gasteiger partial charge in [0.05, 0.1) is 23.8 Å². The lowest BCUT2D eigenvalue weighted by molar-refractivity contribution is -0.137. The van der Waals surface area contributed by atoms with Crippen molar-refractivity contribution in [2.24, 2.45) is 0 Å². The summed E-state index contributed by atoms with van der Waals surface area (Å²) in [6.07, 6.45) is -2.58. The van der Waals surface area contributed by atoms with Crippen molar-refractivity contribution < 1.29 is 26.7 Å². The second-order valence-electron chi connectivity index (χ2n) is 8.25. The van der Waals surface area contributed by atoms with Crippen LogP contribution < -0.4 is 5.32 Å². The smallest absolute Gasteiger partial charge is 0.373 e. The molecule has 170 valence electrons. The summed E-state index contributed by atoms with van der Waals surface area (Å²) >= 11 is 0. The van der Waals surface area contributed by atoms with Crippen molar-refractivity contribution in [2.45, 2.75) is 37.5 Å². The van der Waals surface area contributed by atoms with Crippen LogP contribution in [0, 0.1) is 11.6 Å². The molecule has 3 aromatic rings. The van der Waals surface area contributed by atoms with Crippen LogP contribution in [0.3, 0.4) is 0 Å². The van der Waals surface area contributed by atoms with Crippen LogP contribution >= 0.6 is 0 Å². The van der Waals surface area contributed by atoms with Gasteiger partial charge in [-0.15, -0.1) is 0 Å². The summed E-state index contributed by atoms with van der Waals surface area (Å²) in [6, 6.07) is 8.80. The molecule has 3 nitrogen and oxygen atoms in total. The fraction of sp³-hybridized carbons (Fsp3) is 0.375. The maximum atomic E-state index is 14.7. The third kappa shape index (κ3) is 4.47. The Hall–Kier alpha value is -2.58. The van der Waals surface area contributed by atoms with Crippen molar-refractivity contribution in [3.63, 3.8) is 0 Å². The third-order valence-electron chi connectivity index (χ3n) is 6.17. The molecule has 1 fully saturated rings. The van der Waals surface area contributed by atoms with Crippen LogP contribution in [0.25, 0.3) is 10.9 Å². The zero-order valence-electron chi connectivity index (χ0n) is 17.5. The maximum Gasteiger partial charge on any atom is 0.416 e. The Balaban J connectivity index is 1.67. The number of ether oxygens (including phenoxy) is 1. The van der Waals surface area contributed by atoms with Gasteiger partial charge in [-0.2, -0.15) is 13.2 Å². The Morgan fingerprint density at radius 1 is 1.09 bits per heavy atom. The fourth-order valence-corrected chi connectivity index (χ4v) is 4.38. The average Bonchev–Trinajstić information content (AvgIpc) is 2.76. The van der Waals surface area contributed by atoms with Crippen molar-refractivity contribution in [1.29, 1.82) is 0 Å². The highest BCUT2D eigenvalue weighted by Crippen LogP contribution is 2.39. The second-order valence-corrected chi connectivity index (χ2v) is 8.25. The van der Waals surface area contributed by atoms with Crippen LogP contribution in [0.4, 0.5) is 22.0 Å². The van der Waals surface area contributed by atoms with Gasteiger partial charge in [-0.3, -0.25) is 4.98 Å². The number of benzene rings is 2. The highest BCUT2D eigenvalue weighted by Gasteiger charge is 2.38. The molecule has 0 aliphatic carbocycles. The molecular weight excluding hydrogens is 427 g/mol. The Kier molecular flexibility index (Phi) is 6.18. The van der Waals surface area contributed by atoms with Crippen LogP contribution in [0.5, 0.6) is 0 Å². The molecule has 2 heterocycles. The van der Waals surface area contributed by atoms with Gasteiger partial charge in [0, 0.05) is 28.6 Å². The Morgan fingerprint density at radius 2 is 1.84 bits per heavy atom. The lowest BCUT2D eigenvalue weighted by Crippen LogP contribution is -2.44. The van der Waals surface area contributed by atoms with E-state index in [2.05, 4.69) is 10.3 Å². The van der Waals surface area contributed by atoms with E-state index in [1.807, 2.05) is 0 Å². The van der Waals surface area contributed by atoms with E-state index in [1.54, 1.807) is 19.1 Å². The van der Waals surface area contributed by atoms with Crippen LogP contribution in [0.1, 0.15) is 42.6 Å². The van der Waals surface area contributed by atoms with Gasteiger partial charge in [0.15, 0.2) is 0 Å². The summed E-state index contributed by atoms with van der Waals surface area (Å²) in [6.45, 7) is 3.01. The van der Waals surface area contributed by atoms with Gasteiger partial charge < -0.3 is 10.1 Å². The number of pyridine rings is 1. The molecule has 2 aromatic carbocycles. The predicted octanol–water partition coefficient (Wildman–Crippen LogP) is 5.93. The van der Waals surface area contributed by atoms with E-state index in [-0.39, 0.29) is 6.61 Å². The minimum Gasteiger partial charge on any atom is -0.373 e. The number of hydrogen-bond acceptors (Lipinski definition) is 3. The van der Waals surface area contributed by atoms with E-state index in [0.717, 1.165) is 18.2 Å². The molecule has 1 atom stereocenters. The topological polar surface area (TPSA) is 34.1 Å². The summed E-state index contributed by atoms with van der Waals surface area (Å²) in [4.78, 5) is 4.26. The van der Waals surface area contributed by atoms with E-state index in [0.29, 0.717) is 48.0 Å². The quantitative estimate of drug-likeness (QED) is 0.489. The van der Waals surface area contributed by atoms with Gasteiger partial charge in [0.2, 0.25) is 0 Å². The SMILES string of the molecule is CC(OCC1(c2ccc(F)cc2F)CCNCC1)c1cc(C(F)(F)F)cc2cccnc12. The monoisotopic (exact) mass is 450 g/mol. The van der Waals surface area contributed by atoms with Gasteiger partial charge in [-0.25, -0.2) is 8.78 Å². The first kappa shape index (κ1) is 22.6. The molecule has 0 amide bonds. The summed E-state index contributed by atoms with van der Waals surface area (Å²) < 4.78 is 74.6. The number of halogens is 5. The van der Waals surface area contributed by atoms with Gasteiger partial charge >= 0.3 is 6.18 Å². The van der Waals surface area contributed by atoms with E-state index >= 15 is 0 Å². The number of piperidine rings is 1. The summed E-state index contributed by atoms with van der Waals surface area (Å²) in [5, 5.41) is 3.59. The largest absolute Gasteiger partial charge is 0.416 e. The number of nitrogens with zero attached hydrogens (tertiary/aromatic N) is 1. The highest BCUT2D eigenvalue weighted by atomic mass is 19.4. The molecule has 1 unspecified atom stereocenters. The molecule has 1 aliphatic rings. The van der Waals surface area contributed by atoms with E-state index < -0.39 is 34.9 Å². The number of fused-ring (bicyclic) bond motifs is 1. The van der Waals surface area contributed by atoms with E-state index in [4.69, 9.17) is 4.74 Å². The standard InChI is InChI=1S/C24H23F5N2O/c1-15(19-12-17(24(27,28)29)11-16-3-2-8-31-22(16)19)32-14-23(6-9-30-10-7-23)20-5-4-18(25)13-21(20)26/h2-5,8,11-13,15,30H,6-7,9-10,14H2,1H3. The molecule has 0 spiro atoms. The second kappa shape index (κ2) is 8.75. The number of alkyl halides is 3. The molecule has 1 aromatic heterocycles. The Morgan fingerprint density at radius 3 is 2.53 bits per heavy atom. The Bertz CT molecular complexity index is 1110. The third-order valence-corrected chi connectivity index (χ3v) is 6.17. The molecule has 4 rings (SSSR count). The molecule has 32 heavy (non-hydrogen) atoms. The number of hydrogen-bond donors (Lipinski definition) is 1. The molecule has 1 N–H and O–H groups in total. The first-order valence-corrected chi connectivity index (χ1v) is 10.4.